The molecule has 230 valence electrons. The van der Waals surface area contributed by atoms with Gasteiger partial charge in [0.05, 0.1) is 23.5 Å². The Labute approximate surface area is 269 Å². The Hall–Kier alpha value is -4.41. The number of nitrogens with one attached hydrogen (secondary N) is 1. The van der Waals surface area contributed by atoms with E-state index in [1.807, 2.05) is 0 Å². The van der Waals surface area contributed by atoms with E-state index in [0.717, 1.165) is 4.31 Å². The Morgan fingerprint density at radius 2 is 1.84 bits per heavy atom. The first-order chi connectivity index (χ1) is 21.4. The van der Waals surface area contributed by atoms with Crippen LogP contribution in [-0.4, -0.2) is 51.8 Å². The van der Waals surface area contributed by atoms with Crippen LogP contribution >= 0.6 is 23.2 Å². The number of hydrogen-bond acceptors (Lipinski definition) is 7. The van der Waals surface area contributed by atoms with Gasteiger partial charge in [-0.25, -0.2) is 18.3 Å². The van der Waals surface area contributed by atoms with Crippen molar-refractivity contribution in [3.63, 3.8) is 0 Å². The van der Waals surface area contributed by atoms with E-state index in [1.54, 1.807) is 43.3 Å². The molecule has 11 nitrogen and oxygen atoms in total. The van der Waals surface area contributed by atoms with Crippen LogP contribution in [0.1, 0.15) is 30.9 Å². The molecule has 2 amide bonds. The van der Waals surface area contributed by atoms with Gasteiger partial charge in [0, 0.05) is 34.8 Å². The Kier molecular flexibility index (Phi) is 7.82. The van der Waals surface area contributed by atoms with Crippen LogP contribution in [0.2, 0.25) is 10.0 Å². The highest BCUT2D eigenvalue weighted by Gasteiger charge is 2.53. The first kappa shape index (κ1) is 30.6. The average molecular weight is 666 g/mol. The molecule has 1 aromatic heterocycles. The number of phenols is 1. The molecule has 3 heterocycles. The first-order valence-electron chi connectivity index (χ1n) is 13.9. The van der Waals surface area contributed by atoms with Crippen molar-refractivity contribution in [3.8, 4) is 11.8 Å². The molecule has 2 atom stereocenters. The molecule has 2 unspecified atom stereocenters. The second-order valence-electron chi connectivity index (χ2n) is 11.1. The fourth-order valence-electron chi connectivity index (χ4n) is 5.93. The van der Waals surface area contributed by atoms with Crippen LogP contribution < -0.4 is 10.2 Å². The summed E-state index contributed by atoms with van der Waals surface area (Å²) in [6, 6.07) is 18.3. The first-order valence-corrected chi connectivity index (χ1v) is 16.1. The van der Waals surface area contributed by atoms with Crippen molar-refractivity contribution in [2.45, 2.75) is 42.8 Å². The van der Waals surface area contributed by atoms with Gasteiger partial charge in [-0.15, -0.1) is 0 Å². The molecular formula is C31H26Cl2N6O5S. The lowest BCUT2D eigenvalue weighted by Gasteiger charge is -2.29. The van der Waals surface area contributed by atoms with Gasteiger partial charge in [-0.2, -0.15) is 9.57 Å². The standard InChI is InChI=1S/C31H26Cl2N6O5S/c1-31(16-19-7-9-20(17-34)10-8-19)29(42)38(24-13-21(32)12-22(33)14-24)30-35-18-27(39(30)31)45(43,44)37-11-3-6-26(37)28(41)36-23-4-2-5-25(40)15-23/h2,4-5,7-10,12-15,18,26,40H,3,6,11,16H2,1H3,(H,36,41). The molecule has 45 heavy (non-hydrogen) atoms. The minimum Gasteiger partial charge on any atom is -0.508 e. The van der Waals surface area contributed by atoms with Crippen molar-refractivity contribution < 1.29 is 23.1 Å². The molecule has 0 aliphatic carbocycles. The number of sulfonamides is 1. The molecule has 2 aliphatic heterocycles. The van der Waals surface area contributed by atoms with Crippen LogP contribution in [0.3, 0.4) is 0 Å². The molecule has 0 spiro atoms. The minimum absolute atomic E-state index is 0.0460. The quantitative estimate of drug-likeness (QED) is 0.276. The lowest BCUT2D eigenvalue weighted by molar-refractivity contribution is -0.124. The number of carbonyl (C=O) groups is 2. The predicted molar refractivity (Wildman–Crippen MR) is 168 cm³/mol. The number of fused-ring (bicyclic) bond motifs is 1. The summed E-state index contributed by atoms with van der Waals surface area (Å²) in [5.74, 6) is -1.01. The van der Waals surface area contributed by atoms with E-state index in [2.05, 4.69) is 16.4 Å². The third-order valence-electron chi connectivity index (χ3n) is 8.00. The molecule has 3 aromatic carbocycles. The van der Waals surface area contributed by atoms with Gasteiger partial charge in [-0.3, -0.25) is 14.2 Å². The highest BCUT2D eigenvalue weighted by atomic mass is 35.5. The summed E-state index contributed by atoms with van der Waals surface area (Å²) < 4.78 is 31.3. The van der Waals surface area contributed by atoms with Gasteiger partial charge in [0.2, 0.25) is 11.9 Å². The zero-order chi connectivity index (χ0) is 32.1. The largest absolute Gasteiger partial charge is 0.508 e. The van der Waals surface area contributed by atoms with Gasteiger partial charge in [0.25, 0.3) is 15.9 Å². The molecule has 4 aromatic rings. The second kappa shape index (κ2) is 11.5. The van der Waals surface area contributed by atoms with Crippen LogP contribution in [0.15, 0.2) is 78.0 Å². The summed E-state index contributed by atoms with van der Waals surface area (Å²) in [5, 5.41) is 22.0. The number of imidazole rings is 1. The third kappa shape index (κ3) is 5.42. The Morgan fingerprint density at radius 3 is 2.51 bits per heavy atom. The van der Waals surface area contributed by atoms with Gasteiger partial charge < -0.3 is 10.4 Å². The number of hydrogen-bond donors (Lipinski definition) is 2. The summed E-state index contributed by atoms with van der Waals surface area (Å²) in [6.45, 7) is 1.70. The van der Waals surface area contributed by atoms with E-state index in [0.29, 0.717) is 28.9 Å². The Balaban J connectivity index is 1.43. The summed E-state index contributed by atoms with van der Waals surface area (Å²) in [6.07, 6.45) is 1.97. The molecular weight excluding hydrogens is 639 g/mol. The van der Waals surface area contributed by atoms with Gasteiger partial charge in [-0.1, -0.05) is 41.4 Å². The number of amides is 2. The van der Waals surface area contributed by atoms with E-state index in [9.17, 15) is 28.4 Å². The smallest absolute Gasteiger partial charge is 0.261 e. The van der Waals surface area contributed by atoms with Crippen molar-refractivity contribution in [3.05, 3.63) is 94.1 Å². The lowest BCUT2D eigenvalue weighted by atomic mass is 9.91. The normalized spacial score (nSPS) is 19.8. The Bertz CT molecular complexity index is 1970. The number of rotatable bonds is 7. The Morgan fingerprint density at radius 1 is 1.13 bits per heavy atom. The second-order valence-corrected chi connectivity index (χ2v) is 13.8. The number of nitriles is 1. The summed E-state index contributed by atoms with van der Waals surface area (Å²) in [4.78, 5) is 33.4. The number of aromatic nitrogens is 2. The summed E-state index contributed by atoms with van der Waals surface area (Å²) in [5.41, 5.74) is 0.263. The maximum atomic E-state index is 14.4. The SMILES string of the molecule is CC1(Cc2ccc(C#N)cc2)C(=O)N(c2cc(Cl)cc(Cl)c2)c2ncc(S(=O)(=O)N3CCCC3C(=O)Nc3cccc(O)c3)n21. The molecule has 6 rings (SSSR count). The average Bonchev–Trinajstić information content (AvgIpc) is 3.70. The van der Waals surface area contributed by atoms with Gasteiger partial charge in [-0.05, 0) is 67.8 Å². The molecule has 0 bridgehead atoms. The topological polar surface area (TPSA) is 149 Å². The maximum absolute atomic E-state index is 14.4. The number of aromatic hydroxyl groups is 1. The molecule has 1 fully saturated rings. The van der Waals surface area contributed by atoms with Crippen LogP contribution in [0.4, 0.5) is 17.3 Å². The van der Waals surface area contributed by atoms with Gasteiger partial charge in [0.15, 0.2) is 5.03 Å². The van der Waals surface area contributed by atoms with E-state index < -0.39 is 33.4 Å². The number of benzene rings is 3. The number of carbonyl (C=O) groups excluding carboxylic acids is 2. The van der Waals surface area contributed by atoms with Gasteiger partial charge >= 0.3 is 0 Å². The zero-order valence-corrected chi connectivity index (χ0v) is 26.1. The summed E-state index contributed by atoms with van der Waals surface area (Å²) in [7, 11) is -4.39. The number of anilines is 3. The fraction of sp³-hybridized carbons (Fsp3) is 0.226. The number of nitrogens with zero attached hydrogens (tertiary/aromatic N) is 5. The van der Waals surface area contributed by atoms with Crippen molar-refractivity contribution in [2.24, 2.45) is 0 Å². The van der Waals surface area contributed by atoms with Crippen LogP contribution in [0.5, 0.6) is 5.75 Å². The van der Waals surface area contributed by atoms with E-state index in [1.165, 1.54) is 46.0 Å². The van der Waals surface area contributed by atoms with E-state index in [4.69, 9.17) is 23.2 Å². The molecule has 14 heteroatoms. The van der Waals surface area contributed by atoms with Gasteiger partial charge in [0.1, 0.15) is 17.3 Å². The number of phenolic OH excluding ortho intramolecular Hbond substituents is 1. The van der Waals surface area contributed by atoms with E-state index >= 15 is 0 Å². The van der Waals surface area contributed by atoms with Crippen molar-refractivity contribution in [1.29, 1.82) is 5.26 Å². The van der Waals surface area contributed by atoms with E-state index in [-0.39, 0.29) is 46.2 Å². The van der Waals surface area contributed by atoms with Crippen molar-refractivity contribution in [2.75, 3.05) is 16.8 Å². The van der Waals surface area contributed by atoms with Crippen LogP contribution in [0, 0.1) is 11.3 Å². The van der Waals surface area contributed by atoms with Crippen LogP contribution in [-0.2, 0) is 31.6 Å². The fourth-order valence-corrected chi connectivity index (χ4v) is 8.29. The summed E-state index contributed by atoms with van der Waals surface area (Å²) >= 11 is 12.6. The molecule has 2 N–H and O–H groups in total. The van der Waals surface area contributed by atoms with Crippen LogP contribution in [0.25, 0.3) is 0 Å². The highest BCUT2D eigenvalue weighted by molar-refractivity contribution is 7.89. The van der Waals surface area contributed by atoms with Crippen molar-refractivity contribution >= 4 is 62.4 Å². The molecule has 1 saturated heterocycles. The lowest BCUT2D eigenvalue weighted by Crippen LogP contribution is -2.46. The monoisotopic (exact) mass is 664 g/mol. The maximum Gasteiger partial charge on any atom is 0.261 e. The molecule has 2 aliphatic rings. The van der Waals surface area contributed by atoms with Crippen molar-refractivity contribution in [1.82, 2.24) is 13.9 Å². The third-order valence-corrected chi connectivity index (χ3v) is 10.3. The minimum atomic E-state index is -4.39. The molecule has 0 radical (unpaired) electrons. The molecule has 0 saturated carbocycles. The number of halogens is 2. The highest BCUT2D eigenvalue weighted by Crippen LogP contribution is 2.45. The zero-order valence-electron chi connectivity index (χ0n) is 23.8. The predicted octanol–water partition coefficient (Wildman–Crippen LogP) is 5.20.